The Bertz CT molecular complexity index is 1300. The van der Waals surface area contributed by atoms with Crippen LogP contribution in [0, 0.1) is 13.8 Å². The summed E-state index contributed by atoms with van der Waals surface area (Å²) in [6.45, 7) is 5.80. The Morgan fingerprint density at radius 3 is 2.61 bits per heavy atom. The summed E-state index contributed by atoms with van der Waals surface area (Å²) in [6, 6.07) is 17.8. The maximum Gasteiger partial charge on any atom is 0.259 e. The van der Waals surface area contributed by atoms with Crippen molar-refractivity contribution in [2.45, 2.75) is 31.8 Å². The third-order valence-corrected chi connectivity index (χ3v) is 7.45. The van der Waals surface area contributed by atoms with Crippen molar-refractivity contribution in [3.05, 3.63) is 81.2 Å². The van der Waals surface area contributed by atoms with E-state index in [9.17, 15) is 9.59 Å². The molecule has 7 heteroatoms. The van der Waals surface area contributed by atoms with Crippen molar-refractivity contribution in [3.8, 4) is 11.1 Å². The lowest BCUT2D eigenvalue weighted by atomic mass is 10.0. The second-order valence-corrected chi connectivity index (χ2v) is 9.86. The van der Waals surface area contributed by atoms with Crippen molar-refractivity contribution in [2.75, 3.05) is 5.32 Å². The van der Waals surface area contributed by atoms with Crippen LogP contribution in [0.5, 0.6) is 0 Å². The number of benzene rings is 2. The highest BCUT2D eigenvalue weighted by Gasteiger charge is 2.17. The van der Waals surface area contributed by atoms with Gasteiger partial charge in [0, 0.05) is 16.1 Å². The second-order valence-electron chi connectivity index (χ2n) is 7.33. The standard InChI is InChI=1S/C24H23N3O2S2/c1-14-15(2)31-24-21(14)23(29)26-20(27-24)13-30-16(3)22(28)25-19-12-8-7-11-18(19)17-9-5-4-6-10-17/h4-12,16H,13H2,1-3H3,(H,25,28)(H,26,27,29). The molecule has 0 aliphatic heterocycles. The summed E-state index contributed by atoms with van der Waals surface area (Å²) in [5, 5.41) is 3.40. The third-order valence-electron chi connectivity index (χ3n) is 5.20. The number of fused-ring (bicyclic) bond motifs is 1. The molecule has 2 heterocycles. The van der Waals surface area contributed by atoms with Gasteiger partial charge in [-0.1, -0.05) is 48.5 Å². The largest absolute Gasteiger partial charge is 0.325 e. The van der Waals surface area contributed by atoms with Crippen molar-refractivity contribution in [3.63, 3.8) is 0 Å². The topological polar surface area (TPSA) is 74.8 Å². The molecule has 2 N–H and O–H groups in total. The molecule has 0 saturated heterocycles. The average molecular weight is 450 g/mol. The zero-order valence-electron chi connectivity index (χ0n) is 17.6. The Kier molecular flexibility index (Phi) is 6.25. The number of anilines is 1. The first-order chi connectivity index (χ1) is 14.9. The predicted molar refractivity (Wildman–Crippen MR) is 131 cm³/mol. The number of amides is 1. The molecule has 0 aliphatic carbocycles. The van der Waals surface area contributed by atoms with E-state index in [2.05, 4.69) is 15.3 Å². The summed E-state index contributed by atoms with van der Waals surface area (Å²) in [5.74, 6) is 0.962. The zero-order valence-corrected chi connectivity index (χ0v) is 19.2. The highest BCUT2D eigenvalue weighted by molar-refractivity contribution is 7.99. The van der Waals surface area contributed by atoms with E-state index in [-0.39, 0.29) is 16.7 Å². The van der Waals surface area contributed by atoms with Crippen LogP contribution in [0.4, 0.5) is 5.69 Å². The summed E-state index contributed by atoms with van der Waals surface area (Å²) >= 11 is 2.98. The smallest absolute Gasteiger partial charge is 0.259 e. The molecule has 4 aromatic rings. The molecular weight excluding hydrogens is 426 g/mol. The number of H-pyrrole nitrogens is 1. The van der Waals surface area contributed by atoms with E-state index in [1.807, 2.05) is 75.4 Å². The summed E-state index contributed by atoms with van der Waals surface area (Å²) in [4.78, 5) is 34.6. The van der Waals surface area contributed by atoms with Gasteiger partial charge in [0.05, 0.1) is 16.4 Å². The first-order valence-electron chi connectivity index (χ1n) is 10.00. The molecule has 0 saturated carbocycles. The maximum atomic E-state index is 12.8. The van der Waals surface area contributed by atoms with Gasteiger partial charge in [-0.25, -0.2) is 4.98 Å². The van der Waals surface area contributed by atoms with Crippen LogP contribution in [0.2, 0.25) is 0 Å². The Balaban J connectivity index is 1.46. The van der Waals surface area contributed by atoms with Gasteiger partial charge in [-0.15, -0.1) is 23.1 Å². The van der Waals surface area contributed by atoms with Crippen LogP contribution >= 0.6 is 23.1 Å². The number of rotatable bonds is 6. The number of nitrogens with one attached hydrogen (secondary N) is 2. The van der Waals surface area contributed by atoms with Gasteiger partial charge in [0.15, 0.2) is 0 Å². The Morgan fingerprint density at radius 1 is 1.13 bits per heavy atom. The van der Waals surface area contributed by atoms with Crippen LogP contribution in [0.3, 0.4) is 0 Å². The quantitative estimate of drug-likeness (QED) is 0.406. The van der Waals surface area contributed by atoms with Crippen molar-refractivity contribution < 1.29 is 4.79 Å². The van der Waals surface area contributed by atoms with Gasteiger partial charge in [0.2, 0.25) is 5.91 Å². The third kappa shape index (κ3) is 4.57. The van der Waals surface area contributed by atoms with Gasteiger partial charge in [0.1, 0.15) is 10.7 Å². The molecule has 0 radical (unpaired) electrons. The van der Waals surface area contributed by atoms with Crippen LogP contribution < -0.4 is 10.9 Å². The Morgan fingerprint density at radius 2 is 1.84 bits per heavy atom. The van der Waals surface area contributed by atoms with Gasteiger partial charge in [-0.3, -0.25) is 9.59 Å². The molecule has 0 spiro atoms. The van der Waals surface area contributed by atoms with Crippen molar-refractivity contribution >= 4 is 44.9 Å². The number of hydrogen-bond acceptors (Lipinski definition) is 5. The molecule has 1 amide bonds. The van der Waals surface area contributed by atoms with Crippen LogP contribution in [-0.2, 0) is 10.5 Å². The second kappa shape index (κ2) is 9.08. The number of carbonyl (C=O) groups excluding carboxylic acids is 1. The lowest BCUT2D eigenvalue weighted by molar-refractivity contribution is -0.115. The van der Waals surface area contributed by atoms with Crippen LogP contribution in [-0.4, -0.2) is 21.1 Å². The van der Waals surface area contributed by atoms with Crippen LogP contribution in [0.25, 0.3) is 21.3 Å². The van der Waals surface area contributed by atoms with E-state index in [0.29, 0.717) is 17.0 Å². The number of hydrogen-bond donors (Lipinski definition) is 2. The fourth-order valence-corrected chi connectivity index (χ4v) is 5.15. The molecule has 1 unspecified atom stereocenters. The molecule has 5 nitrogen and oxygen atoms in total. The number of nitrogens with zero attached hydrogens (tertiary/aromatic N) is 1. The molecule has 1 atom stereocenters. The van der Waals surface area contributed by atoms with Gasteiger partial charge in [0.25, 0.3) is 5.56 Å². The lowest BCUT2D eigenvalue weighted by Crippen LogP contribution is -2.23. The molecular formula is C24H23N3O2S2. The zero-order chi connectivity index (χ0) is 22.0. The van der Waals surface area contributed by atoms with Crippen LogP contribution in [0.15, 0.2) is 59.4 Å². The summed E-state index contributed by atoms with van der Waals surface area (Å²) in [5.41, 5.74) is 3.68. The van der Waals surface area contributed by atoms with E-state index in [0.717, 1.165) is 32.1 Å². The molecule has 31 heavy (non-hydrogen) atoms. The van der Waals surface area contributed by atoms with E-state index in [1.54, 1.807) is 0 Å². The van der Waals surface area contributed by atoms with Gasteiger partial charge in [-0.05, 0) is 38.0 Å². The van der Waals surface area contributed by atoms with E-state index >= 15 is 0 Å². The minimum absolute atomic E-state index is 0.0837. The molecule has 4 rings (SSSR count). The molecule has 158 valence electrons. The SMILES string of the molecule is Cc1sc2nc(CSC(C)C(=O)Nc3ccccc3-c3ccccc3)[nH]c(=O)c2c1C. The number of aromatic nitrogens is 2. The molecule has 2 aromatic carbocycles. The van der Waals surface area contributed by atoms with E-state index in [1.165, 1.54) is 23.1 Å². The summed E-state index contributed by atoms with van der Waals surface area (Å²) in [7, 11) is 0. The molecule has 0 aliphatic rings. The van der Waals surface area contributed by atoms with E-state index in [4.69, 9.17) is 0 Å². The highest BCUT2D eigenvalue weighted by atomic mass is 32.2. The first kappa shape index (κ1) is 21.3. The number of para-hydroxylation sites is 1. The number of carbonyl (C=O) groups is 1. The number of aryl methyl sites for hydroxylation is 2. The van der Waals surface area contributed by atoms with Gasteiger partial charge in [-0.2, -0.15) is 0 Å². The Labute approximate surface area is 188 Å². The minimum atomic E-state index is -0.309. The monoisotopic (exact) mass is 449 g/mol. The lowest BCUT2D eigenvalue weighted by Gasteiger charge is -2.15. The molecule has 0 fully saturated rings. The summed E-state index contributed by atoms with van der Waals surface area (Å²) in [6.07, 6.45) is 0. The normalized spacial score (nSPS) is 12.1. The number of thioether (sulfide) groups is 1. The van der Waals surface area contributed by atoms with Gasteiger partial charge >= 0.3 is 0 Å². The van der Waals surface area contributed by atoms with Crippen molar-refractivity contribution in [1.82, 2.24) is 9.97 Å². The first-order valence-corrected chi connectivity index (χ1v) is 11.9. The Hall–Kier alpha value is -2.90. The summed E-state index contributed by atoms with van der Waals surface area (Å²) < 4.78 is 0. The van der Waals surface area contributed by atoms with Crippen molar-refractivity contribution in [1.29, 1.82) is 0 Å². The van der Waals surface area contributed by atoms with E-state index < -0.39 is 0 Å². The molecule has 2 aromatic heterocycles. The minimum Gasteiger partial charge on any atom is -0.325 e. The van der Waals surface area contributed by atoms with Gasteiger partial charge < -0.3 is 10.3 Å². The van der Waals surface area contributed by atoms with Crippen molar-refractivity contribution in [2.24, 2.45) is 0 Å². The van der Waals surface area contributed by atoms with Crippen LogP contribution in [0.1, 0.15) is 23.2 Å². The fraction of sp³-hybridized carbons (Fsp3) is 0.208. The predicted octanol–water partition coefficient (Wildman–Crippen LogP) is 5.53. The maximum absolute atomic E-state index is 12.8. The number of thiophene rings is 1. The number of aromatic amines is 1. The highest BCUT2D eigenvalue weighted by Crippen LogP contribution is 2.29. The average Bonchev–Trinajstić information content (AvgIpc) is 3.06. The molecule has 0 bridgehead atoms. The fourth-order valence-electron chi connectivity index (χ4n) is 3.34.